The van der Waals surface area contributed by atoms with E-state index >= 15 is 0 Å². The predicted octanol–water partition coefficient (Wildman–Crippen LogP) is 14.3. The SMILES string of the molecule is CC1=C(C)C2=C(c3c(C)c(C)c(C)c(C)c3C)C(C)C(C)=C(C)C2=C1CC1=CC(C)c2c1c(C)c(C)c(C)c2-c1c(C)c(C)c(C)c(C)c1C. The van der Waals surface area contributed by atoms with E-state index in [4.69, 9.17) is 0 Å². The second kappa shape index (κ2) is 12.3. The minimum Gasteiger partial charge on any atom is -0.0731 e. The molecule has 0 spiro atoms. The van der Waals surface area contributed by atoms with Crippen LogP contribution in [0.15, 0.2) is 45.1 Å². The molecule has 2 atom stereocenters. The molecule has 50 heavy (non-hydrogen) atoms. The van der Waals surface area contributed by atoms with Crippen LogP contribution in [0.25, 0.3) is 22.3 Å². The third-order valence-electron chi connectivity index (χ3n) is 14.8. The zero-order valence-electron chi connectivity index (χ0n) is 34.9. The number of benzene rings is 3. The molecule has 0 nitrogen and oxygen atoms in total. The van der Waals surface area contributed by atoms with E-state index in [0.29, 0.717) is 11.8 Å². The molecule has 0 radical (unpaired) electrons. The Balaban J connectivity index is 1.62. The van der Waals surface area contributed by atoms with Crippen molar-refractivity contribution in [2.24, 2.45) is 5.92 Å². The summed E-state index contributed by atoms with van der Waals surface area (Å²) in [4.78, 5) is 0. The van der Waals surface area contributed by atoms with Gasteiger partial charge in [0.15, 0.2) is 0 Å². The van der Waals surface area contributed by atoms with Gasteiger partial charge in [-0.25, -0.2) is 0 Å². The summed E-state index contributed by atoms with van der Waals surface area (Å²) in [5.74, 6) is 0.745. The van der Waals surface area contributed by atoms with Crippen LogP contribution in [-0.2, 0) is 0 Å². The first-order valence-corrected chi connectivity index (χ1v) is 19.1. The number of rotatable bonds is 4. The highest BCUT2D eigenvalue weighted by Crippen LogP contribution is 2.56. The van der Waals surface area contributed by atoms with Gasteiger partial charge in [-0.3, -0.25) is 0 Å². The van der Waals surface area contributed by atoms with Gasteiger partial charge in [0, 0.05) is 11.8 Å². The van der Waals surface area contributed by atoms with Crippen LogP contribution < -0.4 is 0 Å². The summed E-state index contributed by atoms with van der Waals surface area (Å²) in [6.45, 7) is 45.0. The van der Waals surface area contributed by atoms with Gasteiger partial charge >= 0.3 is 0 Å². The highest BCUT2D eigenvalue weighted by Gasteiger charge is 2.38. The van der Waals surface area contributed by atoms with Crippen LogP contribution in [-0.4, -0.2) is 0 Å². The highest BCUT2D eigenvalue weighted by molar-refractivity contribution is 5.94. The Hall–Kier alpha value is -3.64. The maximum atomic E-state index is 2.62. The lowest BCUT2D eigenvalue weighted by molar-refractivity contribution is 0.843. The molecule has 2 unspecified atom stereocenters. The standard InChI is InChI=1S/C50H62/c1-22-20-41(46-36(15)29(8)38(17)48(43(22)46)44-32(11)25(4)23(2)26(5)33(44)12)21-42-31(10)40(19)50-47(42)37(16)30(9)39(18)49(50)45-34(13)27(6)24(3)28(7)35(45)14/h20,22,39H,21H2,1-19H3. The number of allylic oxidation sites excluding steroid dienone is 10. The molecular formula is C50H62. The lowest BCUT2D eigenvalue weighted by atomic mass is 9.71. The summed E-state index contributed by atoms with van der Waals surface area (Å²) in [6.07, 6.45) is 3.60. The van der Waals surface area contributed by atoms with Crippen molar-refractivity contribution in [3.8, 4) is 11.1 Å². The molecule has 0 saturated carbocycles. The van der Waals surface area contributed by atoms with Crippen molar-refractivity contribution in [3.63, 3.8) is 0 Å². The minimum atomic E-state index is 0.366. The van der Waals surface area contributed by atoms with Gasteiger partial charge in [-0.1, -0.05) is 25.5 Å². The van der Waals surface area contributed by atoms with Gasteiger partial charge in [0.1, 0.15) is 0 Å². The Morgan fingerprint density at radius 3 is 1.30 bits per heavy atom. The fraction of sp³-hybridized carbons (Fsp3) is 0.440. The van der Waals surface area contributed by atoms with Gasteiger partial charge in [0.25, 0.3) is 0 Å². The van der Waals surface area contributed by atoms with Gasteiger partial charge in [-0.15, -0.1) is 0 Å². The molecule has 3 aromatic carbocycles. The van der Waals surface area contributed by atoms with Gasteiger partial charge in [-0.05, 0) is 269 Å². The molecule has 0 N–H and O–H groups in total. The average molecular weight is 663 g/mol. The topological polar surface area (TPSA) is 0 Å². The van der Waals surface area contributed by atoms with Crippen molar-refractivity contribution >= 4 is 11.1 Å². The first kappa shape index (κ1) is 36.2. The fourth-order valence-electron chi connectivity index (χ4n) is 10.2. The fourth-order valence-corrected chi connectivity index (χ4v) is 10.2. The molecule has 0 amide bonds. The monoisotopic (exact) mass is 662 g/mol. The van der Waals surface area contributed by atoms with Crippen molar-refractivity contribution in [1.29, 1.82) is 0 Å². The Morgan fingerprint density at radius 1 is 0.400 bits per heavy atom. The molecular weight excluding hydrogens is 601 g/mol. The minimum absolute atomic E-state index is 0.366. The van der Waals surface area contributed by atoms with Gasteiger partial charge < -0.3 is 0 Å². The zero-order valence-corrected chi connectivity index (χ0v) is 34.9. The molecule has 3 aromatic rings. The van der Waals surface area contributed by atoms with E-state index in [9.17, 15) is 0 Å². The molecule has 0 fully saturated rings. The van der Waals surface area contributed by atoms with Gasteiger partial charge in [0.05, 0.1) is 0 Å². The lowest BCUT2D eigenvalue weighted by Gasteiger charge is -2.33. The Morgan fingerprint density at radius 2 is 0.800 bits per heavy atom. The van der Waals surface area contributed by atoms with Crippen molar-refractivity contribution < 1.29 is 0 Å². The van der Waals surface area contributed by atoms with Crippen LogP contribution in [0, 0.1) is 95.9 Å². The van der Waals surface area contributed by atoms with Crippen LogP contribution >= 0.6 is 0 Å². The average Bonchev–Trinajstić information content (AvgIpc) is 3.53. The summed E-state index contributed by atoms with van der Waals surface area (Å²) >= 11 is 0. The van der Waals surface area contributed by atoms with Crippen LogP contribution in [0.2, 0.25) is 0 Å². The first-order chi connectivity index (χ1) is 23.3. The highest BCUT2D eigenvalue weighted by atomic mass is 14.4. The molecule has 0 saturated heterocycles. The second-order valence-corrected chi connectivity index (χ2v) is 16.6. The third-order valence-corrected chi connectivity index (χ3v) is 14.8. The van der Waals surface area contributed by atoms with Crippen molar-refractivity contribution in [2.45, 2.75) is 144 Å². The van der Waals surface area contributed by atoms with Crippen LogP contribution in [0.3, 0.4) is 0 Å². The molecule has 3 aliphatic carbocycles. The smallest absolute Gasteiger partial charge is 0.00353 e. The number of hydrogen-bond donors (Lipinski definition) is 0. The summed E-state index contributed by atoms with van der Waals surface area (Å²) in [5.41, 5.74) is 39.9. The van der Waals surface area contributed by atoms with Crippen LogP contribution in [0.5, 0.6) is 0 Å². The van der Waals surface area contributed by atoms with E-state index in [2.05, 4.69) is 138 Å². The van der Waals surface area contributed by atoms with Crippen LogP contribution in [0.4, 0.5) is 0 Å². The lowest BCUT2D eigenvalue weighted by Crippen LogP contribution is -2.16. The van der Waals surface area contributed by atoms with E-state index < -0.39 is 0 Å². The third kappa shape index (κ3) is 4.76. The maximum Gasteiger partial charge on any atom is 0.00353 e. The summed E-state index contributed by atoms with van der Waals surface area (Å²) in [5, 5.41) is 0. The quantitative estimate of drug-likeness (QED) is 0.261. The molecule has 0 bridgehead atoms. The van der Waals surface area contributed by atoms with E-state index in [1.807, 2.05) is 0 Å². The Kier molecular flexibility index (Phi) is 8.86. The Labute approximate surface area is 305 Å². The molecule has 6 rings (SSSR count). The predicted molar refractivity (Wildman–Crippen MR) is 221 cm³/mol. The largest absolute Gasteiger partial charge is 0.0731 e. The molecule has 262 valence electrons. The molecule has 0 aromatic heterocycles. The summed E-state index contributed by atoms with van der Waals surface area (Å²) in [6, 6.07) is 0. The first-order valence-electron chi connectivity index (χ1n) is 19.1. The molecule has 0 heterocycles. The normalized spacial score (nSPS) is 19.0. The zero-order chi connectivity index (χ0) is 37.2. The Bertz CT molecular complexity index is 2180. The van der Waals surface area contributed by atoms with Gasteiger partial charge in [-0.2, -0.15) is 0 Å². The molecule has 0 aliphatic heterocycles. The van der Waals surface area contributed by atoms with E-state index in [-0.39, 0.29) is 0 Å². The van der Waals surface area contributed by atoms with Crippen LogP contribution in [0.1, 0.15) is 143 Å². The van der Waals surface area contributed by atoms with E-state index in [0.717, 1.165) is 6.42 Å². The summed E-state index contributed by atoms with van der Waals surface area (Å²) in [7, 11) is 0. The maximum absolute atomic E-state index is 2.62. The molecule has 3 aliphatic rings. The molecule has 0 heteroatoms. The summed E-state index contributed by atoms with van der Waals surface area (Å²) < 4.78 is 0. The van der Waals surface area contributed by atoms with Crippen molar-refractivity contribution in [2.75, 3.05) is 0 Å². The van der Waals surface area contributed by atoms with E-state index in [1.165, 1.54) is 139 Å². The second-order valence-electron chi connectivity index (χ2n) is 16.6. The van der Waals surface area contributed by atoms with Gasteiger partial charge in [0.2, 0.25) is 0 Å². The number of hydrogen-bond acceptors (Lipinski definition) is 0. The number of fused-ring (bicyclic) bond motifs is 2. The van der Waals surface area contributed by atoms with Crippen molar-refractivity contribution in [3.05, 3.63) is 134 Å². The van der Waals surface area contributed by atoms with Crippen molar-refractivity contribution in [1.82, 2.24) is 0 Å². The van der Waals surface area contributed by atoms with E-state index in [1.54, 1.807) is 11.1 Å².